The predicted molar refractivity (Wildman–Crippen MR) is 72.0 cm³/mol. The molecule has 0 radical (unpaired) electrons. The fourth-order valence-corrected chi connectivity index (χ4v) is 3.23. The zero-order valence-electron chi connectivity index (χ0n) is 13.2. The van der Waals surface area contributed by atoms with Gasteiger partial charge >= 0.3 is 0 Å². The second-order valence-corrected chi connectivity index (χ2v) is 5.08. The highest BCUT2D eigenvalue weighted by Crippen LogP contribution is 2.38. The van der Waals surface area contributed by atoms with Crippen LogP contribution in [-0.2, 0) is 0 Å². The van der Waals surface area contributed by atoms with Crippen molar-refractivity contribution in [1.82, 2.24) is 0 Å². The average Bonchev–Trinajstić information content (AvgIpc) is 2.87. The van der Waals surface area contributed by atoms with E-state index in [-0.39, 0.29) is 41.3 Å². The molecule has 1 heterocycles. The monoisotopic (exact) mass is 302 g/mol. The Labute approximate surface area is 113 Å². The Morgan fingerprint density at radius 2 is 2.07 bits per heavy atom. The van der Waals surface area contributed by atoms with Crippen LogP contribution in [0.25, 0.3) is 20.2 Å². The Hall–Kier alpha value is -0.570. The van der Waals surface area contributed by atoms with Crippen molar-refractivity contribution in [2.75, 3.05) is 0 Å². The molecule has 2 aromatic carbocycles. The first kappa shape index (κ1) is 5.17. The van der Waals surface area contributed by atoms with Crippen LogP contribution in [0.5, 0.6) is 0 Å². The summed E-state index contributed by atoms with van der Waals surface area (Å²) in [6, 6.07) is -0.891. The number of benzene rings is 2. The van der Waals surface area contributed by atoms with Gasteiger partial charge in [0.2, 0.25) is 0 Å². The van der Waals surface area contributed by atoms with E-state index in [1.54, 1.807) is 0 Å². The van der Waals surface area contributed by atoms with E-state index < -0.39 is 0 Å². The third-order valence-corrected chi connectivity index (χ3v) is 3.80. The minimum absolute atomic E-state index is 0.0572. The molecular formula is C12H6BrClS. The third-order valence-electron chi connectivity index (χ3n) is 2.00. The van der Waals surface area contributed by atoms with Crippen molar-refractivity contribution in [3.05, 3.63) is 45.7 Å². The molecule has 0 saturated carbocycles. The maximum absolute atomic E-state index is 8.08. The first-order valence-corrected chi connectivity index (χ1v) is 6.02. The molecule has 3 rings (SSSR count). The molecule has 0 N–H and O–H groups in total. The van der Waals surface area contributed by atoms with Crippen LogP contribution in [0.4, 0.5) is 0 Å². The summed E-state index contributed by atoms with van der Waals surface area (Å²) in [6.45, 7) is 0. The number of hydrogen-bond acceptors (Lipinski definition) is 1. The minimum atomic E-state index is -0.242. The number of fused-ring (bicyclic) bond motifs is 3. The van der Waals surface area contributed by atoms with Crippen LogP contribution < -0.4 is 0 Å². The highest BCUT2D eigenvalue weighted by Gasteiger charge is 2.07. The summed E-state index contributed by atoms with van der Waals surface area (Å²) >= 11 is 10.2. The fourth-order valence-electron chi connectivity index (χ4n) is 1.39. The summed E-state index contributed by atoms with van der Waals surface area (Å²) in [5.41, 5.74) is 0. The summed E-state index contributed by atoms with van der Waals surface area (Å²) in [6.07, 6.45) is 0. The lowest BCUT2D eigenvalue weighted by Crippen LogP contribution is -1.68. The van der Waals surface area contributed by atoms with Crippen LogP contribution in [0.1, 0.15) is 8.22 Å². The molecule has 1 aromatic heterocycles. The molecule has 0 aliphatic rings. The maximum atomic E-state index is 8.08. The lowest BCUT2D eigenvalue weighted by molar-refractivity contribution is 1.79. The molecule has 0 amide bonds. The Balaban J connectivity index is 2.73. The Bertz CT molecular complexity index is 861. The van der Waals surface area contributed by atoms with Crippen molar-refractivity contribution in [1.29, 1.82) is 0 Å². The van der Waals surface area contributed by atoms with Crippen molar-refractivity contribution in [3.63, 3.8) is 0 Å². The summed E-state index contributed by atoms with van der Waals surface area (Å²) in [5.74, 6) is 0. The van der Waals surface area contributed by atoms with Crippen LogP contribution in [0.2, 0.25) is 5.02 Å². The molecule has 0 bridgehead atoms. The van der Waals surface area contributed by atoms with Gasteiger partial charge in [-0.1, -0.05) is 39.6 Å². The molecule has 3 heteroatoms. The van der Waals surface area contributed by atoms with Gasteiger partial charge in [-0.3, -0.25) is 0 Å². The van der Waals surface area contributed by atoms with E-state index in [0.717, 1.165) is 11.3 Å². The van der Waals surface area contributed by atoms with Crippen LogP contribution in [0.3, 0.4) is 0 Å². The van der Waals surface area contributed by atoms with Gasteiger partial charge in [0, 0.05) is 29.7 Å². The smallest absolute Gasteiger partial charge is 0.0654 e. The largest absolute Gasteiger partial charge is 0.135 e. The number of thiophene rings is 1. The fraction of sp³-hybridized carbons (Fsp3) is 0. The molecular weight excluding hydrogens is 292 g/mol. The first-order chi connectivity index (χ1) is 9.77. The van der Waals surface area contributed by atoms with Crippen LogP contribution in [0, 0.1) is 0 Å². The molecule has 0 aliphatic carbocycles. The standard InChI is InChI=1S/C12H6BrClS/c13-9-2-1-3-10-12(9)8-5-4-7(14)6-11(8)15-10/h1-6H/i1D,2D,3D,4D,5D,6D. The molecule has 0 unspecified atom stereocenters. The lowest BCUT2D eigenvalue weighted by Gasteiger charge is -1.94. The molecule has 3 aromatic rings. The van der Waals surface area contributed by atoms with Gasteiger partial charge in [-0.2, -0.15) is 0 Å². The first-order valence-electron chi connectivity index (χ1n) is 7.04. The highest BCUT2D eigenvalue weighted by molar-refractivity contribution is 9.10. The zero-order valence-corrected chi connectivity index (χ0v) is 10.3. The minimum Gasteiger partial charge on any atom is -0.135 e. The van der Waals surface area contributed by atoms with E-state index in [4.69, 9.17) is 19.8 Å². The second-order valence-electron chi connectivity index (χ2n) is 2.89. The van der Waals surface area contributed by atoms with E-state index in [9.17, 15) is 0 Å². The van der Waals surface area contributed by atoms with Crippen molar-refractivity contribution in [3.8, 4) is 0 Å². The lowest BCUT2D eigenvalue weighted by atomic mass is 10.1. The predicted octanol–water partition coefficient (Wildman–Crippen LogP) is 5.47. The third kappa shape index (κ3) is 1.48. The second kappa shape index (κ2) is 3.48. The Morgan fingerprint density at radius 3 is 2.93 bits per heavy atom. The van der Waals surface area contributed by atoms with Crippen LogP contribution in [0.15, 0.2) is 40.7 Å². The van der Waals surface area contributed by atoms with Crippen molar-refractivity contribution in [2.24, 2.45) is 0 Å². The quantitative estimate of drug-likeness (QED) is 0.516. The summed E-state index contributed by atoms with van der Waals surface area (Å²) in [5, 5.41) is 0.673. The van der Waals surface area contributed by atoms with Crippen LogP contribution in [-0.4, -0.2) is 0 Å². The molecule has 0 atom stereocenters. The van der Waals surface area contributed by atoms with Gasteiger partial charge in [-0.05, 0) is 24.2 Å². The van der Waals surface area contributed by atoms with Crippen LogP contribution >= 0.6 is 38.9 Å². The molecule has 15 heavy (non-hydrogen) atoms. The number of hydrogen-bond donors (Lipinski definition) is 0. The normalized spacial score (nSPS) is 16.9. The Morgan fingerprint density at radius 1 is 1.20 bits per heavy atom. The van der Waals surface area contributed by atoms with E-state index in [2.05, 4.69) is 15.9 Å². The van der Waals surface area contributed by atoms with E-state index >= 15 is 0 Å². The zero-order chi connectivity index (χ0) is 15.6. The van der Waals surface area contributed by atoms with E-state index in [1.165, 1.54) is 0 Å². The molecule has 0 nitrogen and oxygen atoms in total. The van der Waals surface area contributed by atoms with Gasteiger partial charge < -0.3 is 0 Å². The maximum Gasteiger partial charge on any atom is 0.0654 e. The number of halogens is 2. The van der Waals surface area contributed by atoms with Gasteiger partial charge in [-0.15, -0.1) is 11.3 Å². The topological polar surface area (TPSA) is 0 Å². The molecule has 0 saturated heterocycles. The van der Waals surface area contributed by atoms with E-state index in [0.29, 0.717) is 24.6 Å². The molecule has 74 valence electrons. The van der Waals surface area contributed by atoms with Gasteiger partial charge in [0.1, 0.15) is 0 Å². The summed E-state index contributed by atoms with van der Waals surface area (Å²) < 4.78 is 48.7. The number of rotatable bonds is 0. The summed E-state index contributed by atoms with van der Waals surface area (Å²) in [4.78, 5) is 0. The molecule has 0 fully saturated rings. The van der Waals surface area contributed by atoms with Crippen molar-refractivity contribution in [2.45, 2.75) is 0 Å². The van der Waals surface area contributed by atoms with E-state index in [1.807, 2.05) is 0 Å². The van der Waals surface area contributed by atoms with Gasteiger partial charge in [-0.25, -0.2) is 0 Å². The van der Waals surface area contributed by atoms with Gasteiger partial charge in [0.05, 0.1) is 8.22 Å². The average molecular weight is 304 g/mol. The summed E-state index contributed by atoms with van der Waals surface area (Å²) in [7, 11) is 0. The Kier molecular flexibility index (Phi) is 1.20. The highest BCUT2D eigenvalue weighted by atomic mass is 79.9. The van der Waals surface area contributed by atoms with Gasteiger partial charge in [0.25, 0.3) is 0 Å². The SMILES string of the molecule is [2H]c1c([2H])c(Br)c2c(sc3c([2H])c(Cl)c([2H])c([2H])c32)c1[2H]. The molecule has 0 spiro atoms. The van der Waals surface area contributed by atoms with Crippen molar-refractivity contribution < 1.29 is 8.22 Å². The molecule has 0 aliphatic heterocycles. The van der Waals surface area contributed by atoms with Crippen molar-refractivity contribution >= 4 is 59.0 Å². The van der Waals surface area contributed by atoms with Gasteiger partial charge in [0.15, 0.2) is 0 Å².